The van der Waals surface area contributed by atoms with E-state index in [0.29, 0.717) is 25.7 Å². The Morgan fingerprint density at radius 3 is 2.81 bits per heavy atom. The summed E-state index contributed by atoms with van der Waals surface area (Å²) < 4.78 is 0. The van der Waals surface area contributed by atoms with Crippen molar-refractivity contribution in [1.29, 1.82) is 0 Å². The monoisotopic (exact) mass is 290 g/mol. The zero-order valence-electron chi connectivity index (χ0n) is 11.2. The van der Waals surface area contributed by atoms with Crippen LogP contribution in [-0.2, 0) is 11.3 Å². The first kappa shape index (κ1) is 14.6. The lowest BCUT2D eigenvalue weighted by atomic mass is 10.2. The third-order valence-electron chi connectivity index (χ3n) is 2.96. The van der Waals surface area contributed by atoms with Crippen LogP contribution in [0, 0.1) is 10.1 Å². The Bertz CT molecular complexity index is 597. The lowest BCUT2D eigenvalue weighted by molar-refractivity contribution is -0.416. The van der Waals surface area contributed by atoms with Crippen LogP contribution in [0.25, 0.3) is 0 Å². The molecule has 8 nitrogen and oxygen atoms in total. The summed E-state index contributed by atoms with van der Waals surface area (Å²) in [6.07, 6.45) is 4.63. The average Bonchev–Trinajstić information content (AvgIpc) is 2.46. The molecule has 0 bridgehead atoms. The minimum Gasteiger partial charge on any atom is -0.478 e. The summed E-state index contributed by atoms with van der Waals surface area (Å²) in [5.74, 6) is -1.25. The highest BCUT2D eigenvalue weighted by atomic mass is 16.6. The molecule has 0 aliphatic carbocycles. The summed E-state index contributed by atoms with van der Waals surface area (Å²) in [7, 11) is 0. The van der Waals surface area contributed by atoms with Crippen LogP contribution in [0.2, 0.25) is 0 Å². The Labute approximate surface area is 120 Å². The van der Waals surface area contributed by atoms with Gasteiger partial charge in [-0.3, -0.25) is 20.1 Å². The Morgan fingerprint density at radius 1 is 1.48 bits per heavy atom. The maximum Gasteiger partial charge on any atom is 0.335 e. The molecule has 0 atom stereocenters. The smallest absolute Gasteiger partial charge is 0.335 e. The molecule has 0 unspecified atom stereocenters. The summed E-state index contributed by atoms with van der Waals surface area (Å²) >= 11 is 0. The number of nitrogens with zero attached hydrogens (tertiary/aromatic N) is 4. The van der Waals surface area contributed by atoms with E-state index in [4.69, 9.17) is 5.11 Å². The number of carboxylic acid groups (broad SMARTS) is 1. The molecule has 0 amide bonds. The molecule has 1 aliphatic rings. The first-order valence-electron chi connectivity index (χ1n) is 6.35. The number of carbonyl (C=O) groups is 1. The molecule has 1 aliphatic heterocycles. The van der Waals surface area contributed by atoms with Crippen molar-refractivity contribution in [3.8, 4) is 0 Å². The number of hydrogen-bond donors (Lipinski definition) is 1. The number of nitro groups is 1. The van der Waals surface area contributed by atoms with Crippen LogP contribution in [-0.4, -0.2) is 44.8 Å². The van der Waals surface area contributed by atoms with Crippen molar-refractivity contribution >= 4 is 11.8 Å². The fourth-order valence-electron chi connectivity index (χ4n) is 2.07. The van der Waals surface area contributed by atoms with E-state index in [0.717, 1.165) is 12.0 Å². The number of aliphatic carboxylic acids is 1. The number of pyridine rings is 1. The first-order chi connectivity index (χ1) is 10.1. The van der Waals surface area contributed by atoms with E-state index in [9.17, 15) is 14.9 Å². The molecule has 0 spiro atoms. The molecule has 21 heavy (non-hydrogen) atoms. The summed E-state index contributed by atoms with van der Waals surface area (Å²) in [6, 6.07) is 3.61. The molecule has 8 heteroatoms. The van der Waals surface area contributed by atoms with E-state index >= 15 is 0 Å². The van der Waals surface area contributed by atoms with Crippen LogP contribution in [0.5, 0.6) is 0 Å². The largest absolute Gasteiger partial charge is 0.478 e. The molecule has 1 aromatic heterocycles. The van der Waals surface area contributed by atoms with Crippen LogP contribution < -0.4 is 0 Å². The van der Waals surface area contributed by atoms with Crippen molar-refractivity contribution in [2.75, 3.05) is 13.1 Å². The van der Waals surface area contributed by atoms with Gasteiger partial charge < -0.3 is 10.0 Å². The van der Waals surface area contributed by atoms with Crippen molar-refractivity contribution in [3.05, 3.63) is 52.0 Å². The average molecular weight is 290 g/mol. The van der Waals surface area contributed by atoms with Gasteiger partial charge in [-0.15, -0.1) is 0 Å². The van der Waals surface area contributed by atoms with Crippen LogP contribution in [0.3, 0.4) is 0 Å². The standard InChI is InChI=1S/C13H14N4O4/c18-12(19)8-11(17(20)21)13-15-4-1-7-16(13)9-10-2-5-14-6-3-10/h2-3,5-6,8H,1,4,7,9H2,(H,18,19). The molecule has 0 saturated heterocycles. The van der Waals surface area contributed by atoms with E-state index < -0.39 is 16.6 Å². The third-order valence-corrected chi connectivity index (χ3v) is 2.96. The lowest BCUT2D eigenvalue weighted by Gasteiger charge is -2.27. The van der Waals surface area contributed by atoms with Gasteiger partial charge in [-0.05, 0) is 24.1 Å². The van der Waals surface area contributed by atoms with Gasteiger partial charge in [-0.2, -0.15) is 0 Å². The number of amidine groups is 1. The lowest BCUT2D eigenvalue weighted by Crippen LogP contribution is -2.38. The zero-order valence-corrected chi connectivity index (χ0v) is 11.2. The molecule has 1 aromatic rings. The normalized spacial score (nSPS) is 15.5. The van der Waals surface area contributed by atoms with Crippen molar-refractivity contribution in [2.24, 2.45) is 4.99 Å². The van der Waals surface area contributed by atoms with E-state index in [-0.39, 0.29) is 5.84 Å². The van der Waals surface area contributed by atoms with Gasteiger partial charge in [0, 0.05) is 32.0 Å². The second kappa shape index (κ2) is 6.60. The molecule has 1 N–H and O–H groups in total. The molecular formula is C13H14N4O4. The predicted octanol–water partition coefficient (Wildman–Crippen LogP) is 0.931. The molecular weight excluding hydrogens is 276 g/mol. The van der Waals surface area contributed by atoms with E-state index in [1.54, 1.807) is 29.4 Å². The summed E-state index contributed by atoms with van der Waals surface area (Å²) in [5, 5.41) is 19.9. The maximum atomic E-state index is 11.1. The van der Waals surface area contributed by atoms with Crippen LogP contribution in [0.1, 0.15) is 12.0 Å². The minimum absolute atomic E-state index is 0.116. The number of aromatic nitrogens is 1. The molecule has 0 radical (unpaired) electrons. The molecule has 110 valence electrons. The molecule has 2 heterocycles. The second-order valence-electron chi connectivity index (χ2n) is 4.46. The minimum atomic E-state index is -1.36. The van der Waals surface area contributed by atoms with E-state index in [1.807, 2.05) is 0 Å². The van der Waals surface area contributed by atoms with Crippen LogP contribution >= 0.6 is 0 Å². The summed E-state index contributed by atoms with van der Waals surface area (Å²) in [5.41, 5.74) is 0.439. The van der Waals surface area contributed by atoms with Crippen molar-refractivity contribution < 1.29 is 14.8 Å². The van der Waals surface area contributed by atoms with Crippen LogP contribution in [0.15, 0.2) is 41.3 Å². The molecule has 2 rings (SSSR count). The highest BCUT2D eigenvalue weighted by Crippen LogP contribution is 2.15. The van der Waals surface area contributed by atoms with Gasteiger partial charge in [-0.25, -0.2) is 4.79 Å². The van der Waals surface area contributed by atoms with Gasteiger partial charge in [0.1, 0.15) is 6.08 Å². The number of aliphatic imine (C=N–C) groups is 1. The highest BCUT2D eigenvalue weighted by Gasteiger charge is 2.28. The fraction of sp³-hybridized carbons (Fsp3) is 0.308. The Balaban J connectivity index is 2.28. The first-order valence-corrected chi connectivity index (χ1v) is 6.35. The van der Waals surface area contributed by atoms with Crippen molar-refractivity contribution in [2.45, 2.75) is 13.0 Å². The predicted molar refractivity (Wildman–Crippen MR) is 74.3 cm³/mol. The summed E-state index contributed by atoms with van der Waals surface area (Å²) in [4.78, 5) is 30.9. The maximum absolute atomic E-state index is 11.1. The zero-order chi connectivity index (χ0) is 15.2. The van der Waals surface area contributed by atoms with Gasteiger partial charge in [0.05, 0.1) is 4.92 Å². The van der Waals surface area contributed by atoms with Crippen molar-refractivity contribution in [1.82, 2.24) is 9.88 Å². The SMILES string of the molecule is O=C(O)C=C(C1=NCCCN1Cc1ccncc1)[N+](=O)[O-]. The Hall–Kier alpha value is -2.77. The highest BCUT2D eigenvalue weighted by molar-refractivity contribution is 6.00. The number of hydrogen-bond acceptors (Lipinski definition) is 6. The fourth-order valence-corrected chi connectivity index (χ4v) is 2.07. The van der Waals surface area contributed by atoms with Gasteiger partial charge in [0.15, 0.2) is 0 Å². The second-order valence-corrected chi connectivity index (χ2v) is 4.46. The Kier molecular flexibility index (Phi) is 4.60. The van der Waals surface area contributed by atoms with Crippen LogP contribution in [0.4, 0.5) is 0 Å². The van der Waals surface area contributed by atoms with Gasteiger partial charge in [-0.1, -0.05) is 0 Å². The van der Waals surface area contributed by atoms with E-state index in [1.165, 1.54) is 0 Å². The van der Waals surface area contributed by atoms with E-state index in [2.05, 4.69) is 9.98 Å². The van der Waals surface area contributed by atoms with Crippen molar-refractivity contribution in [3.63, 3.8) is 0 Å². The molecule has 0 aromatic carbocycles. The number of rotatable bonds is 5. The quantitative estimate of drug-likeness (QED) is 0.491. The van der Waals surface area contributed by atoms with Gasteiger partial charge >= 0.3 is 11.7 Å². The number of carboxylic acids is 1. The topological polar surface area (TPSA) is 109 Å². The molecule has 0 saturated carbocycles. The summed E-state index contributed by atoms with van der Waals surface area (Å²) in [6.45, 7) is 1.46. The van der Waals surface area contributed by atoms with Gasteiger partial charge in [0.2, 0.25) is 5.84 Å². The molecule has 0 fully saturated rings. The Morgan fingerprint density at radius 2 is 2.19 bits per heavy atom. The van der Waals surface area contributed by atoms with Gasteiger partial charge in [0.25, 0.3) is 0 Å². The third kappa shape index (κ3) is 3.85.